The summed E-state index contributed by atoms with van der Waals surface area (Å²) in [4.78, 5) is 10.6. The first-order valence-electron chi connectivity index (χ1n) is 5.31. The van der Waals surface area contributed by atoms with Crippen LogP contribution in [0.5, 0.6) is 0 Å². The summed E-state index contributed by atoms with van der Waals surface area (Å²) in [6.45, 7) is 4.16. The van der Waals surface area contributed by atoms with Gasteiger partial charge in [0.15, 0.2) is 0 Å². The van der Waals surface area contributed by atoms with Crippen molar-refractivity contribution in [3.63, 3.8) is 0 Å². The van der Waals surface area contributed by atoms with Crippen molar-refractivity contribution in [3.05, 3.63) is 23.8 Å². The zero-order valence-electron chi connectivity index (χ0n) is 8.07. The van der Waals surface area contributed by atoms with E-state index in [4.69, 9.17) is 5.11 Å². The molecule has 3 rings (SSSR count). The molecule has 4 atom stereocenters. The molecule has 0 unspecified atom stereocenters. The van der Waals surface area contributed by atoms with Crippen molar-refractivity contribution in [2.45, 2.75) is 19.3 Å². The number of fused-ring (bicyclic) bond motifs is 1. The van der Waals surface area contributed by atoms with Crippen LogP contribution in [0.25, 0.3) is 0 Å². The summed E-state index contributed by atoms with van der Waals surface area (Å²) in [7, 11) is 0. The molecule has 74 valence electrons. The van der Waals surface area contributed by atoms with Crippen LogP contribution in [0.4, 0.5) is 0 Å². The molecule has 3 fully saturated rings. The van der Waals surface area contributed by atoms with Gasteiger partial charge in [-0.1, -0.05) is 17.7 Å². The summed E-state index contributed by atoms with van der Waals surface area (Å²) >= 11 is 0. The van der Waals surface area contributed by atoms with Crippen LogP contribution in [0.3, 0.4) is 0 Å². The Hall–Kier alpha value is -1.05. The molecule has 0 aliphatic heterocycles. The predicted molar refractivity (Wildman–Crippen MR) is 52.7 cm³/mol. The van der Waals surface area contributed by atoms with Crippen LogP contribution in [0.2, 0.25) is 0 Å². The maximum Gasteiger partial charge on any atom is 0.328 e. The Bertz CT molecular complexity index is 345. The molecule has 2 nitrogen and oxygen atoms in total. The maximum atomic E-state index is 10.6. The van der Waals surface area contributed by atoms with Gasteiger partial charge < -0.3 is 5.11 Å². The largest absolute Gasteiger partial charge is 0.478 e. The number of hydrogen-bond acceptors (Lipinski definition) is 1. The van der Waals surface area contributed by atoms with Crippen LogP contribution in [0, 0.1) is 23.7 Å². The van der Waals surface area contributed by atoms with E-state index in [1.165, 1.54) is 36.5 Å². The van der Waals surface area contributed by atoms with Gasteiger partial charge in [-0.3, -0.25) is 0 Å². The van der Waals surface area contributed by atoms with Crippen molar-refractivity contribution in [3.8, 4) is 0 Å². The lowest BCUT2D eigenvalue weighted by Gasteiger charge is -2.45. The van der Waals surface area contributed by atoms with Gasteiger partial charge in [-0.05, 0) is 42.9 Å². The fourth-order valence-electron chi connectivity index (χ4n) is 3.77. The molecule has 0 amide bonds. The highest BCUT2D eigenvalue weighted by molar-refractivity contribution is 5.81. The molecular formula is C12H14O2. The first-order chi connectivity index (χ1) is 6.68. The molecule has 3 aliphatic rings. The molecule has 1 N–H and O–H groups in total. The summed E-state index contributed by atoms with van der Waals surface area (Å²) in [5, 5.41) is 8.76. The zero-order chi connectivity index (χ0) is 9.87. The Labute approximate surface area is 83.3 Å². The van der Waals surface area contributed by atoms with Gasteiger partial charge in [-0.25, -0.2) is 4.79 Å². The Kier molecular flexibility index (Phi) is 1.48. The summed E-state index contributed by atoms with van der Waals surface area (Å²) in [5.41, 5.74) is 2.61. The van der Waals surface area contributed by atoms with Gasteiger partial charge in [0, 0.05) is 6.08 Å². The van der Waals surface area contributed by atoms with E-state index in [9.17, 15) is 4.79 Å². The van der Waals surface area contributed by atoms with Crippen LogP contribution >= 0.6 is 0 Å². The van der Waals surface area contributed by atoms with Crippen molar-refractivity contribution in [2.75, 3.05) is 0 Å². The lowest BCUT2D eigenvalue weighted by molar-refractivity contribution is -0.131. The van der Waals surface area contributed by atoms with Gasteiger partial charge in [0.05, 0.1) is 0 Å². The quantitative estimate of drug-likeness (QED) is 0.508. The zero-order valence-corrected chi connectivity index (χ0v) is 8.07. The summed E-state index contributed by atoms with van der Waals surface area (Å²) in [5.74, 6) is 1.62. The van der Waals surface area contributed by atoms with Gasteiger partial charge in [0.25, 0.3) is 0 Å². The van der Waals surface area contributed by atoms with E-state index in [2.05, 4.69) is 6.58 Å². The average Bonchev–Trinajstić information content (AvgIpc) is 2.31. The Morgan fingerprint density at radius 3 is 2.93 bits per heavy atom. The third kappa shape index (κ3) is 0.839. The number of carbonyl (C=O) groups is 1. The highest BCUT2D eigenvalue weighted by atomic mass is 16.4. The standard InChI is InChI=1S/C12H14O2/c1-6-7-2-3-8-9(5-11(13)14)10(4-7)12(6)8/h5,7-8,10,12H,1-4H2,(H,13,14)/t7-,8+,10-,12+/m0/s1. The molecule has 0 aromatic rings. The fourth-order valence-corrected chi connectivity index (χ4v) is 3.77. The molecule has 0 spiro atoms. The number of hydrogen-bond donors (Lipinski definition) is 1. The Balaban J connectivity index is 1.96. The SMILES string of the molecule is C=C1[C@H]2CC[C@@H]3C(=CC(=O)O)[C@H](C2)[C@H]13. The molecule has 2 heteroatoms. The predicted octanol–water partition coefficient (Wildman–Crippen LogP) is 2.23. The summed E-state index contributed by atoms with van der Waals surface area (Å²) in [6, 6.07) is 0. The third-order valence-corrected chi connectivity index (χ3v) is 4.33. The molecule has 0 aromatic heterocycles. The molecule has 0 aromatic carbocycles. The second-order valence-electron chi connectivity index (χ2n) is 4.81. The normalized spacial score (nSPS) is 46.6. The monoisotopic (exact) mass is 190 g/mol. The van der Waals surface area contributed by atoms with Crippen LogP contribution < -0.4 is 0 Å². The highest BCUT2D eigenvalue weighted by Crippen LogP contribution is 2.65. The molecule has 0 radical (unpaired) electrons. The minimum Gasteiger partial charge on any atom is -0.478 e. The van der Waals surface area contributed by atoms with E-state index in [1.54, 1.807) is 0 Å². The van der Waals surface area contributed by atoms with Gasteiger partial charge in [0.1, 0.15) is 0 Å². The molecule has 0 heterocycles. The van der Waals surface area contributed by atoms with E-state index >= 15 is 0 Å². The van der Waals surface area contributed by atoms with Gasteiger partial charge in [0.2, 0.25) is 0 Å². The highest BCUT2D eigenvalue weighted by Gasteiger charge is 2.56. The lowest BCUT2D eigenvalue weighted by atomic mass is 9.59. The second-order valence-corrected chi connectivity index (χ2v) is 4.81. The number of allylic oxidation sites excluding steroid dienone is 2. The van der Waals surface area contributed by atoms with Gasteiger partial charge >= 0.3 is 5.97 Å². The van der Waals surface area contributed by atoms with Crippen molar-refractivity contribution in [1.29, 1.82) is 0 Å². The minimum absolute atomic E-state index is 0.530. The molecule has 3 saturated carbocycles. The lowest BCUT2D eigenvalue weighted by Crippen LogP contribution is -2.38. The summed E-state index contributed by atoms with van der Waals surface area (Å²) in [6.07, 6.45) is 5.03. The Morgan fingerprint density at radius 1 is 1.43 bits per heavy atom. The number of aliphatic carboxylic acids is 1. The van der Waals surface area contributed by atoms with Crippen molar-refractivity contribution >= 4 is 5.97 Å². The number of carboxylic acid groups (broad SMARTS) is 1. The van der Waals surface area contributed by atoms with Crippen molar-refractivity contribution in [1.82, 2.24) is 0 Å². The smallest absolute Gasteiger partial charge is 0.328 e. The first kappa shape index (κ1) is 8.27. The molecule has 2 bridgehead atoms. The Morgan fingerprint density at radius 2 is 2.21 bits per heavy atom. The number of carboxylic acids is 1. The molecule has 0 saturated heterocycles. The van der Waals surface area contributed by atoms with E-state index in [0.29, 0.717) is 23.7 Å². The van der Waals surface area contributed by atoms with Crippen LogP contribution in [-0.4, -0.2) is 11.1 Å². The van der Waals surface area contributed by atoms with Crippen molar-refractivity contribution < 1.29 is 9.90 Å². The van der Waals surface area contributed by atoms with Crippen LogP contribution in [0.1, 0.15) is 19.3 Å². The first-order valence-corrected chi connectivity index (χ1v) is 5.31. The van der Waals surface area contributed by atoms with Gasteiger partial charge in [-0.15, -0.1) is 0 Å². The van der Waals surface area contributed by atoms with Crippen LogP contribution in [0.15, 0.2) is 23.8 Å². The maximum absolute atomic E-state index is 10.6. The van der Waals surface area contributed by atoms with E-state index in [-0.39, 0.29) is 0 Å². The van der Waals surface area contributed by atoms with Crippen molar-refractivity contribution in [2.24, 2.45) is 23.7 Å². The molecular weight excluding hydrogens is 176 g/mol. The fraction of sp³-hybridized carbons (Fsp3) is 0.583. The van der Waals surface area contributed by atoms with E-state index in [0.717, 1.165) is 0 Å². The minimum atomic E-state index is -0.778. The van der Waals surface area contributed by atoms with E-state index < -0.39 is 5.97 Å². The molecule has 3 aliphatic carbocycles. The van der Waals surface area contributed by atoms with E-state index in [1.807, 2.05) is 0 Å². The van der Waals surface area contributed by atoms with Gasteiger partial charge in [-0.2, -0.15) is 0 Å². The topological polar surface area (TPSA) is 37.3 Å². The summed E-state index contributed by atoms with van der Waals surface area (Å²) < 4.78 is 0. The molecule has 14 heavy (non-hydrogen) atoms. The number of rotatable bonds is 1. The van der Waals surface area contributed by atoms with Crippen LogP contribution in [-0.2, 0) is 4.79 Å². The second kappa shape index (κ2) is 2.50. The third-order valence-electron chi connectivity index (χ3n) is 4.33. The average molecular weight is 190 g/mol.